The summed E-state index contributed by atoms with van der Waals surface area (Å²) >= 11 is 3.04. The molecule has 5 aromatic carbocycles. The van der Waals surface area contributed by atoms with Crippen LogP contribution in [0.2, 0.25) is 0 Å². The molecule has 536 valence electrons. The normalized spacial score (nSPS) is 16.2. The molecule has 28 heteroatoms. The van der Waals surface area contributed by atoms with Crippen molar-refractivity contribution in [1.82, 2.24) is 46.8 Å². The van der Waals surface area contributed by atoms with Crippen LogP contribution in [-0.2, 0) is 82.3 Å². The molecule has 0 unspecified atom stereocenters. The maximum atomic E-state index is 15.0. The molecule has 100 heavy (non-hydrogen) atoms. The summed E-state index contributed by atoms with van der Waals surface area (Å²) in [5.41, 5.74) is 21.3. The Kier molecular flexibility index (Phi) is 30.4. The largest absolute Gasteiger partial charge is 0.370 e. The molecule has 5 aromatic rings. The monoisotopic (exact) mass is 1430 g/mol. The number of hydrogen-bond donors (Lipinski definition) is 11. The van der Waals surface area contributed by atoms with E-state index in [1.807, 2.05) is 78.9 Å². The first kappa shape index (κ1) is 78.1. The lowest BCUT2D eigenvalue weighted by Crippen LogP contribution is -2.61. The van der Waals surface area contributed by atoms with E-state index in [4.69, 9.17) is 17.2 Å². The summed E-state index contributed by atoms with van der Waals surface area (Å²) in [5, 5.41) is 19.1. The molecule has 2 fully saturated rings. The second-order valence-electron chi connectivity index (χ2n) is 25.5. The van der Waals surface area contributed by atoms with Crippen molar-refractivity contribution >= 4 is 98.6 Å². The van der Waals surface area contributed by atoms with Gasteiger partial charge in [0.15, 0.2) is 0 Å². The van der Waals surface area contributed by atoms with Gasteiger partial charge in [0.05, 0.1) is 17.9 Å². The van der Waals surface area contributed by atoms with Crippen molar-refractivity contribution in [1.29, 1.82) is 0 Å². The van der Waals surface area contributed by atoms with Crippen LogP contribution in [0.4, 0.5) is 0 Å². The first-order valence-electron chi connectivity index (χ1n) is 33.6. The van der Waals surface area contributed by atoms with Crippen molar-refractivity contribution in [3.63, 3.8) is 0 Å². The fourth-order valence-corrected chi connectivity index (χ4v) is 15.3. The Bertz CT molecular complexity index is 3720. The van der Waals surface area contributed by atoms with E-state index in [0.717, 1.165) is 60.1 Å². The summed E-state index contributed by atoms with van der Waals surface area (Å²) in [6, 6.07) is 34.0. The highest BCUT2D eigenvalue weighted by Gasteiger charge is 2.41. The van der Waals surface area contributed by atoms with Crippen LogP contribution in [-0.4, -0.2) is 151 Å². The van der Waals surface area contributed by atoms with Crippen LogP contribution >= 0.6 is 23.5 Å². The van der Waals surface area contributed by atoms with Gasteiger partial charge in [-0.05, 0) is 85.8 Å². The molecule has 7 rings (SSSR count). The van der Waals surface area contributed by atoms with Crippen LogP contribution in [0, 0.1) is 12.8 Å². The number of carbonyl (C=O) groups is 10. The van der Waals surface area contributed by atoms with Crippen molar-refractivity contribution in [3.05, 3.63) is 173 Å². The number of guanidine groups is 1. The van der Waals surface area contributed by atoms with Crippen LogP contribution in [0.25, 0.3) is 0 Å². The molecule has 1 aliphatic heterocycles. The van der Waals surface area contributed by atoms with Gasteiger partial charge in [-0.1, -0.05) is 172 Å². The topological polar surface area (TPSA) is 395 Å². The Morgan fingerprint density at radius 1 is 0.580 bits per heavy atom. The van der Waals surface area contributed by atoms with Gasteiger partial charge in [-0.2, -0.15) is 11.8 Å². The number of nitrogens with two attached hydrogens (primary N) is 3. The average Bonchev–Trinajstić information content (AvgIpc) is 1.41. The van der Waals surface area contributed by atoms with Gasteiger partial charge < -0.3 is 59.3 Å². The molecule has 0 spiro atoms. The summed E-state index contributed by atoms with van der Waals surface area (Å²) in [5.74, 6) is -7.82. The van der Waals surface area contributed by atoms with Gasteiger partial charge in [-0.15, -0.1) is 11.8 Å². The molecular formula is C72H93N13O12S3. The number of primary amides is 2. The SMILES string of the molecule is Cc1ccc(S(=O)(=O)NC(N)=NCCC[C@H](NC(=O)[C@@H]2CCCN2C(=O)[C@@H](CSCc2ccccc2)NC(=O)[C@H](CC(N)=O)NC(=O)[C@@H](NC(=O)[C@H](Cc2ccccc2)NC(=O)[C@@H](Cc2ccccc2)NC(=O)CC2(SCc3ccccc3)CCCCC2)C(C)C)C(=O)NCC(N)=O)cc1. The Labute approximate surface area is 593 Å². The highest BCUT2D eigenvalue weighted by Crippen LogP contribution is 2.44. The van der Waals surface area contributed by atoms with Gasteiger partial charge >= 0.3 is 0 Å². The number of aliphatic imine (C=N–C) groups is 1. The standard InChI is InChI=1S/C72H93N13O12S3/c1-47(2)63(83-67(92)56(40-50-23-11-5-12-24-50)80-65(90)55(39-49-21-9-4-10-22-49)78-62(88)42-72(35-17-8-18-36-72)99-45-52-27-15-7-16-28-52)69(94)81-57(41-60(73)86)66(91)82-58(46-98-44-51-25-13-6-14-26-51)70(95)85-38-20-30-59(85)68(93)79-54(64(89)77-43-61(74)87)29-19-37-76-71(75)84-100(96,97)53-33-31-48(3)32-34-53/h4-7,9-16,21-28,31-34,47,54-59,63H,8,17-20,29-30,35-46H2,1-3H3,(H2,73,86)(H2,74,87)(H,77,89)(H,78,88)(H,79,93)(H,80,90)(H,81,94)(H,82,91)(H,83,92)(H3,75,76,84)/t54-,55+,56-,57-,58+,59-,63-/m0/s1. The molecule has 0 aromatic heterocycles. The van der Waals surface area contributed by atoms with E-state index in [9.17, 15) is 56.4 Å². The van der Waals surface area contributed by atoms with Gasteiger partial charge in [0.2, 0.25) is 65.0 Å². The van der Waals surface area contributed by atoms with Crippen LogP contribution < -0.4 is 59.1 Å². The molecule has 7 atom stereocenters. The number of rotatable bonds is 37. The number of likely N-dealkylation sites (tertiary alicyclic amines) is 1. The van der Waals surface area contributed by atoms with E-state index in [0.29, 0.717) is 17.7 Å². The van der Waals surface area contributed by atoms with E-state index in [-0.39, 0.29) is 72.9 Å². The minimum absolute atomic E-state index is 0.0379. The fourth-order valence-electron chi connectivity index (χ4n) is 11.9. The van der Waals surface area contributed by atoms with E-state index in [1.165, 1.54) is 28.8 Å². The minimum atomic E-state index is -4.08. The summed E-state index contributed by atoms with van der Waals surface area (Å²) in [4.78, 5) is 146. The third-order valence-corrected chi connectivity index (χ3v) is 21.3. The van der Waals surface area contributed by atoms with Crippen molar-refractivity contribution in [2.45, 2.75) is 168 Å². The second kappa shape index (κ2) is 38.9. The highest BCUT2D eigenvalue weighted by molar-refractivity contribution is 8.00. The number of nitrogens with zero attached hydrogens (tertiary/aromatic N) is 2. The molecule has 25 nitrogen and oxygen atoms in total. The lowest BCUT2D eigenvalue weighted by Gasteiger charge is -2.37. The molecule has 14 N–H and O–H groups in total. The lowest BCUT2D eigenvalue weighted by molar-refractivity contribution is -0.142. The Hall–Kier alpha value is -9.28. The van der Waals surface area contributed by atoms with Gasteiger partial charge in [-0.25, -0.2) is 13.1 Å². The quantitative estimate of drug-likeness (QED) is 0.0153. The molecule has 1 heterocycles. The maximum Gasteiger partial charge on any atom is 0.264 e. The number of aryl methyl sites for hydroxylation is 1. The fraction of sp³-hybridized carbons (Fsp3) is 0.431. The first-order chi connectivity index (χ1) is 47.9. The Morgan fingerprint density at radius 2 is 1.11 bits per heavy atom. The third kappa shape index (κ3) is 25.2. The Morgan fingerprint density at radius 3 is 1.68 bits per heavy atom. The van der Waals surface area contributed by atoms with Crippen molar-refractivity contribution in [2.24, 2.45) is 28.1 Å². The summed E-state index contributed by atoms with van der Waals surface area (Å²) < 4.78 is 27.7. The zero-order chi connectivity index (χ0) is 72.2. The summed E-state index contributed by atoms with van der Waals surface area (Å²) in [6.45, 7) is 4.46. The number of amides is 10. The number of hydrogen-bond acceptors (Lipinski definition) is 15. The van der Waals surface area contributed by atoms with E-state index in [1.54, 1.807) is 75.0 Å². The molecule has 1 saturated heterocycles. The van der Waals surface area contributed by atoms with Gasteiger partial charge in [0.25, 0.3) is 10.0 Å². The first-order valence-corrected chi connectivity index (χ1v) is 37.2. The van der Waals surface area contributed by atoms with Crippen LogP contribution in [0.3, 0.4) is 0 Å². The molecule has 0 bridgehead atoms. The van der Waals surface area contributed by atoms with E-state index >= 15 is 0 Å². The zero-order valence-electron chi connectivity index (χ0n) is 56.7. The van der Waals surface area contributed by atoms with E-state index < -0.39 is 130 Å². The molecule has 10 amide bonds. The van der Waals surface area contributed by atoms with Crippen LogP contribution in [0.15, 0.2) is 155 Å². The number of sulfonamides is 1. The van der Waals surface area contributed by atoms with Gasteiger partial charge in [0.1, 0.15) is 42.3 Å². The number of carbonyl (C=O) groups excluding carboxylic acids is 10. The van der Waals surface area contributed by atoms with Gasteiger partial charge in [0, 0.05) is 54.4 Å². The molecule has 1 saturated carbocycles. The van der Waals surface area contributed by atoms with E-state index in [2.05, 4.69) is 59.1 Å². The number of benzene rings is 5. The molecule has 0 radical (unpaired) electrons. The molecule has 2 aliphatic rings. The summed E-state index contributed by atoms with van der Waals surface area (Å²) in [7, 11) is -4.08. The zero-order valence-corrected chi connectivity index (χ0v) is 59.1. The second-order valence-corrected chi connectivity index (χ2v) is 29.7. The van der Waals surface area contributed by atoms with Gasteiger partial charge in [-0.3, -0.25) is 52.9 Å². The van der Waals surface area contributed by atoms with Crippen molar-refractivity contribution in [2.75, 3.05) is 25.4 Å². The molecular weight excluding hydrogens is 1340 g/mol. The number of nitrogens with one attached hydrogen (secondary N) is 8. The summed E-state index contributed by atoms with van der Waals surface area (Å²) in [6.07, 6.45) is 4.59. The van der Waals surface area contributed by atoms with Crippen LogP contribution in [0.5, 0.6) is 0 Å². The predicted octanol–water partition coefficient (Wildman–Crippen LogP) is 3.85. The third-order valence-electron chi connectivity index (χ3n) is 17.2. The highest BCUT2D eigenvalue weighted by atomic mass is 32.2. The van der Waals surface area contributed by atoms with Crippen LogP contribution in [0.1, 0.15) is 112 Å². The smallest absolute Gasteiger partial charge is 0.264 e. The minimum Gasteiger partial charge on any atom is -0.370 e. The maximum absolute atomic E-state index is 15.0. The lowest BCUT2D eigenvalue weighted by atomic mass is 9.85. The number of thioether (sulfide) groups is 2. The molecule has 1 aliphatic carbocycles. The van der Waals surface area contributed by atoms with Crippen molar-refractivity contribution in [3.8, 4) is 0 Å². The average molecular weight is 1430 g/mol. The Balaban J connectivity index is 1.06. The van der Waals surface area contributed by atoms with Crippen molar-refractivity contribution < 1.29 is 56.4 Å². The predicted molar refractivity (Wildman–Crippen MR) is 385 cm³/mol.